The first-order valence-electron chi connectivity index (χ1n) is 7.63. The van der Waals surface area contributed by atoms with Gasteiger partial charge in [0.25, 0.3) is 0 Å². The molecule has 0 aromatic heterocycles. The summed E-state index contributed by atoms with van der Waals surface area (Å²) in [5, 5.41) is 23.6. The first kappa shape index (κ1) is 17.7. The van der Waals surface area contributed by atoms with E-state index in [4.69, 9.17) is 11.6 Å². The molecule has 2 atom stereocenters. The van der Waals surface area contributed by atoms with Crippen LogP contribution in [0.25, 0.3) is 0 Å². The highest BCUT2D eigenvalue weighted by molar-refractivity contribution is 6.30. The van der Waals surface area contributed by atoms with Crippen molar-refractivity contribution in [3.05, 3.63) is 64.4 Å². The zero-order valence-electron chi connectivity index (χ0n) is 13.0. The Balaban J connectivity index is 2.11. The molecule has 2 unspecified atom stereocenters. The molecule has 2 aromatic rings. The van der Waals surface area contributed by atoms with E-state index in [2.05, 4.69) is 5.32 Å². The minimum absolute atomic E-state index is 0.0603. The van der Waals surface area contributed by atoms with Gasteiger partial charge in [0.15, 0.2) is 0 Å². The highest BCUT2D eigenvalue weighted by Crippen LogP contribution is 2.29. The molecule has 23 heavy (non-hydrogen) atoms. The standard InChI is InChI=1S/C18H21ClFNO2/c1-2-17(16-10-13(19)5-8-18(16)23)21-15(11-22)9-12-3-6-14(20)7-4-12/h3-8,10,15,17,21-23H,2,9,11H2,1H3. The van der Waals surface area contributed by atoms with Gasteiger partial charge in [-0.3, -0.25) is 0 Å². The van der Waals surface area contributed by atoms with Crippen LogP contribution in [0, 0.1) is 5.82 Å². The molecule has 0 saturated heterocycles. The number of phenolic OH excluding ortho intramolecular Hbond substituents is 1. The topological polar surface area (TPSA) is 52.5 Å². The highest BCUT2D eigenvalue weighted by atomic mass is 35.5. The average Bonchev–Trinajstić information content (AvgIpc) is 2.55. The summed E-state index contributed by atoms with van der Waals surface area (Å²) in [7, 11) is 0. The molecule has 0 saturated carbocycles. The van der Waals surface area contributed by atoms with Gasteiger partial charge < -0.3 is 15.5 Å². The summed E-state index contributed by atoms with van der Waals surface area (Å²) in [6.07, 6.45) is 1.29. The minimum atomic E-state index is -0.280. The first-order chi connectivity index (χ1) is 11.0. The van der Waals surface area contributed by atoms with Crippen LogP contribution < -0.4 is 5.32 Å². The van der Waals surface area contributed by atoms with Crippen LogP contribution in [0.15, 0.2) is 42.5 Å². The van der Waals surface area contributed by atoms with E-state index in [9.17, 15) is 14.6 Å². The summed E-state index contributed by atoms with van der Waals surface area (Å²) in [5.41, 5.74) is 1.64. The number of halogens is 2. The van der Waals surface area contributed by atoms with Crippen LogP contribution in [0.5, 0.6) is 5.75 Å². The van der Waals surface area contributed by atoms with Crippen molar-refractivity contribution >= 4 is 11.6 Å². The summed E-state index contributed by atoms with van der Waals surface area (Å²) in [6.45, 7) is 1.93. The number of aliphatic hydroxyl groups excluding tert-OH is 1. The largest absolute Gasteiger partial charge is 0.508 e. The second-order valence-corrected chi connectivity index (χ2v) is 5.98. The number of aromatic hydroxyl groups is 1. The fraction of sp³-hybridized carbons (Fsp3) is 0.333. The Morgan fingerprint density at radius 2 is 1.87 bits per heavy atom. The van der Waals surface area contributed by atoms with E-state index in [0.717, 1.165) is 12.0 Å². The Bertz CT molecular complexity index is 633. The van der Waals surface area contributed by atoms with Crippen LogP contribution in [-0.4, -0.2) is 22.9 Å². The minimum Gasteiger partial charge on any atom is -0.508 e. The molecular weight excluding hydrogens is 317 g/mol. The van der Waals surface area contributed by atoms with Gasteiger partial charge in [-0.2, -0.15) is 0 Å². The molecule has 3 N–H and O–H groups in total. The van der Waals surface area contributed by atoms with Gasteiger partial charge in [-0.05, 0) is 48.7 Å². The van der Waals surface area contributed by atoms with E-state index in [1.807, 2.05) is 6.92 Å². The predicted molar refractivity (Wildman–Crippen MR) is 90.3 cm³/mol. The number of rotatable bonds is 7. The molecule has 2 rings (SSSR count). The van der Waals surface area contributed by atoms with Gasteiger partial charge in [0, 0.05) is 22.7 Å². The van der Waals surface area contributed by atoms with Gasteiger partial charge in [-0.25, -0.2) is 4.39 Å². The van der Waals surface area contributed by atoms with Gasteiger partial charge in [0.2, 0.25) is 0 Å². The van der Waals surface area contributed by atoms with Crippen molar-refractivity contribution in [3.8, 4) is 5.75 Å². The third kappa shape index (κ3) is 4.93. The number of phenols is 1. The molecular formula is C18H21ClFNO2. The van der Waals surface area contributed by atoms with E-state index in [-0.39, 0.29) is 30.3 Å². The molecule has 0 aliphatic heterocycles. The summed E-state index contributed by atoms with van der Waals surface area (Å²) in [6, 6.07) is 10.8. The van der Waals surface area contributed by atoms with Crippen molar-refractivity contribution in [1.29, 1.82) is 0 Å². The first-order valence-corrected chi connectivity index (χ1v) is 8.01. The average molecular weight is 338 g/mol. The Kier molecular flexibility index (Phi) is 6.39. The zero-order chi connectivity index (χ0) is 16.8. The quantitative estimate of drug-likeness (QED) is 0.719. The second-order valence-electron chi connectivity index (χ2n) is 5.54. The van der Waals surface area contributed by atoms with Crippen LogP contribution in [-0.2, 0) is 6.42 Å². The highest BCUT2D eigenvalue weighted by Gasteiger charge is 2.18. The van der Waals surface area contributed by atoms with Crippen molar-refractivity contribution < 1.29 is 14.6 Å². The van der Waals surface area contributed by atoms with E-state index in [1.165, 1.54) is 12.1 Å². The third-order valence-corrected chi connectivity index (χ3v) is 4.06. The Morgan fingerprint density at radius 3 is 2.48 bits per heavy atom. The lowest BCUT2D eigenvalue weighted by molar-refractivity contribution is 0.228. The van der Waals surface area contributed by atoms with Crippen molar-refractivity contribution in [2.45, 2.75) is 31.8 Å². The number of nitrogens with one attached hydrogen (secondary N) is 1. The second kappa shape index (κ2) is 8.29. The predicted octanol–water partition coefficient (Wildman–Crippen LogP) is 3.83. The molecule has 0 aliphatic rings. The molecule has 0 spiro atoms. The van der Waals surface area contributed by atoms with Gasteiger partial charge in [-0.15, -0.1) is 0 Å². The number of aliphatic hydroxyl groups is 1. The van der Waals surface area contributed by atoms with Gasteiger partial charge in [-0.1, -0.05) is 30.7 Å². The Labute approximate surface area is 140 Å². The van der Waals surface area contributed by atoms with Crippen LogP contribution in [0.4, 0.5) is 4.39 Å². The molecule has 3 nitrogen and oxygen atoms in total. The van der Waals surface area contributed by atoms with Crippen molar-refractivity contribution in [1.82, 2.24) is 5.32 Å². The van der Waals surface area contributed by atoms with Crippen molar-refractivity contribution in [2.75, 3.05) is 6.61 Å². The lowest BCUT2D eigenvalue weighted by Crippen LogP contribution is -2.37. The molecule has 0 radical (unpaired) electrons. The number of hydrogen-bond donors (Lipinski definition) is 3. The molecule has 0 bridgehead atoms. The maximum Gasteiger partial charge on any atom is 0.123 e. The summed E-state index contributed by atoms with van der Waals surface area (Å²) >= 11 is 6.01. The smallest absolute Gasteiger partial charge is 0.123 e. The SMILES string of the molecule is CCC(NC(CO)Cc1ccc(F)cc1)c1cc(Cl)ccc1O. The molecule has 0 aliphatic carbocycles. The van der Waals surface area contributed by atoms with E-state index >= 15 is 0 Å². The van der Waals surface area contributed by atoms with Crippen LogP contribution in [0.2, 0.25) is 5.02 Å². The normalized spacial score (nSPS) is 13.7. The van der Waals surface area contributed by atoms with Gasteiger partial charge in [0.1, 0.15) is 11.6 Å². The molecule has 124 valence electrons. The summed E-state index contributed by atoms with van der Waals surface area (Å²) < 4.78 is 13.0. The molecule has 2 aromatic carbocycles. The fourth-order valence-corrected chi connectivity index (χ4v) is 2.78. The maximum absolute atomic E-state index is 13.0. The van der Waals surface area contributed by atoms with E-state index in [1.54, 1.807) is 30.3 Å². The van der Waals surface area contributed by atoms with Gasteiger partial charge in [0.05, 0.1) is 6.61 Å². The van der Waals surface area contributed by atoms with Crippen LogP contribution in [0.3, 0.4) is 0 Å². The number of benzene rings is 2. The third-order valence-electron chi connectivity index (χ3n) is 3.83. The molecule has 0 heterocycles. The van der Waals surface area contributed by atoms with Crippen LogP contribution >= 0.6 is 11.6 Å². The van der Waals surface area contributed by atoms with E-state index in [0.29, 0.717) is 17.0 Å². The summed E-state index contributed by atoms with van der Waals surface area (Å²) in [5.74, 6) is -0.107. The summed E-state index contributed by atoms with van der Waals surface area (Å²) in [4.78, 5) is 0. The van der Waals surface area contributed by atoms with Crippen LogP contribution in [0.1, 0.15) is 30.5 Å². The fourth-order valence-electron chi connectivity index (χ4n) is 2.60. The monoisotopic (exact) mass is 337 g/mol. The lowest BCUT2D eigenvalue weighted by atomic mass is 10.00. The Morgan fingerprint density at radius 1 is 1.17 bits per heavy atom. The lowest BCUT2D eigenvalue weighted by Gasteiger charge is -2.25. The Hall–Kier alpha value is -1.62. The molecule has 5 heteroatoms. The van der Waals surface area contributed by atoms with Crippen molar-refractivity contribution in [3.63, 3.8) is 0 Å². The zero-order valence-corrected chi connectivity index (χ0v) is 13.7. The van der Waals surface area contributed by atoms with Crippen molar-refractivity contribution in [2.24, 2.45) is 0 Å². The maximum atomic E-state index is 13.0. The van der Waals surface area contributed by atoms with E-state index < -0.39 is 0 Å². The van der Waals surface area contributed by atoms with Gasteiger partial charge >= 0.3 is 0 Å². The molecule has 0 fully saturated rings. The molecule has 0 amide bonds. The number of hydrogen-bond acceptors (Lipinski definition) is 3.